The van der Waals surface area contributed by atoms with Crippen molar-refractivity contribution in [2.45, 2.75) is 36.6 Å². The van der Waals surface area contributed by atoms with Gasteiger partial charge in [0, 0.05) is 19.2 Å². The third-order valence-electron chi connectivity index (χ3n) is 3.50. The molecule has 0 aromatic heterocycles. The average Bonchev–Trinajstić information content (AvgIpc) is 2.88. The number of rotatable bonds is 5. The van der Waals surface area contributed by atoms with Crippen molar-refractivity contribution in [1.29, 1.82) is 0 Å². The van der Waals surface area contributed by atoms with Crippen LogP contribution in [0, 0.1) is 5.82 Å². The fraction of sp³-hybridized carbons (Fsp3) is 0.538. The molecule has 7 heteroatoms. The molecule has 1 aliphatic heterocycles. The molecule has 0 radical (unpaired) electrons. The average molecular weight is 322 g/mol. The molecule has 1 aromatic rings. The summed E-state index contributed by atoms with van der Waals surface area (Å²) >= 11 is 5.90. The lowest BCUT2D eigenvalue weighted by Gasteiger charge is -2.24. The standard InChI is InChI=1S/C13H17ClFNO3S/c14-12-6-5-10(15)9-13(12)20(18,19)16-7-1-3-11(16)4-2-8-17/h5-6,9,11,17H,1-4,7-8H2. The SMILES string of the molecule is O=S(=O)(c1cc(F)ccc1Cl)N1CCCC1CCCO. The quantitative estimate of drug-likeness (QED) is 0.906. The minimum absolute atomic E-state index is 0.0270. The Kier molecular flexibility index (Phi) is 5.01. The van der Waals surface area contributed by atoms with Crippen LogP contribution in [-0.2, 0) is 10.0 Å². The van der Waals surface area contributed by atoms with Gasteiger partial charge in [-0.15, -0.1) is 0 Å². The number of nitrogens with zero attached hydrogens (tertiary/aromatic N) is 1. The molecule has 0 amide bonds. The molecule has 112 valence electrons. The summed E-state index contributed by atoms with van der Waals surface area (Å²) in [5.74, 6) is -0.626. The molecule has 1 saturated heterocycles. The van der Waals surface area contributed by atoms with E-state index in [0.717, 1.165) is 25.0 Å². The Morgan fingerprint density at radius 3 is 2.90 bits per heavy atom. The van der Waals surface area contributed by atoms with Crippen LogP contribution in [0.5, 0.6) is 0 Å². The summed E-state index contributed by atoms with van der Waals surface area (Å²) in [4.78, 5) is -0.185. The molecule has 1 aromatic carbocycles. The highest BCUT2D eigenvalue weighted by Crippen LogP contribution is 2.32. The highest BCUT2D eigenvalue weighted by atomic mass is 35.5. The molecule has 1 unspecified atom stereocenters. The van der Waals surface area contributed by atoms with Gasteiger partial charge in [0.25, 0.3) is 0 Å². The summed E-state index contributed by atoms with van der Waals surface area (Å²) in [6.45, 7) is 0.441. The molecule has 0 spiro atoms. The number of benzene rings is 1. The van der Waals surface area contributed by atoms with Gasteiger partial charge in [-0.1, -0.05) is 11.6 Å². The van der Waals surface area contributed by atoms with Crippen LogP contribution in [0.4, 0.5) is 4.39 Å². The lowest BCUT2D eigenvalue weighted by Crippen LogP contribution is -2.35. The molecule has 2 rings (SSSR count). The van der Waals surface area contributed by atoms with E-state index in [1.165, 1.54) is 10.4 Å². The van der Waals surface area contributed by atoms with Crippen molar-refractivity contribution in [3.63, 3.8) is 0 Å². The van der Waals surface area contributed by atoms with E-state index in [9.17, 15) is 12.8 Å². The Labute approximate surface area is 123 Å². The molecule has 1 N–H and O–H groups in total. The predicted octanol–water partition coefficient (Wildman–Crippen LogP) is 2.40. The van der Waals surface area contributed by atoms with Crippen LogP contribution in [-0.4, -0.2) is 37.0 Å². The lowest BCUT2D eigenvalue weighted by molar-refractivity contribution is 0.264. The van der Waals surface area contributed by atoms with E-state index in [2.05, 4.69) is 0 Å². The number of hydrogen-bond acceptors (Lipinski definition) is 3. The van der Waals surface area contributed by atoms with Crippen LogP contribution >= 0.6 is 11.6 Å². The van der Waals surface area contributed by atoms with Gasteiger partial charge in [-0.2, -0.15) is 4.31 Å². The van der Waals surface area contributed by atoms with E-state index in [4.69, 9.17) is 16.7 Å². The first-order valence-corrected chi connectivity index (χ1v) is 8.36. The van der Waals surface area contributed by atoms with E-state index in [-0.39, 0.29) is 22.6 Å². The Hall–Kier alpha value is -0.690. The number of halogens is 2. The van der Waals surface area contributed by atoms with Crippen LogP contribution in [0.1, 0.15) is 25.7 Å². The van der Waals surface area contributed by atoms with Crippen molar-refractivity contribution in [3.05, 3.63) is 29.0 Å². The molecule has 1 heterocycles. The van der Waals surface area contributed by atoms with Crippen molar-refractivity contribution in [2.75, 3.05) is 13.2 Å². The highest BCUT2D eigenvalue weighted by molar-refractivity contribution is 7.89. The monoisotopic (exact) mass is 321 g/mol. The van der Waals surface area contributed by atoms with Crippen LogP contribution < -0.4 is 0 Å². The topological polar surface area (TPSA) is 57.6 Å². The number of aliphatic hydroxyl groups is 1. The summed E-state index contributed by atoms with van der Waals surface area (Å²) in [6.07, 6.45) is 2.67. The molecule has 0 bridgehead atoms. The molecule has 1 aliphatic rings. The second kappa shape index (κ2) is 6.39. The first kappa shape index (κ1) is 15.7. The molecular formula is C13H17ClFNO3S. The third kappa shape index (κ3) is 3.14. The van der Waals surface area contributed by atoms with E-state index in [1.807, 2.05) is 0 Å². The second-order valence-corrected chi connectivity index (χ2v) is 7.12. The predicted molar refractivity (Wildman–Crippen MR) is 74.6 cm³/mol. The van der Waals surface area contributed by atoms with E-state index >= 15 is 0 Å². The highest BCUT2D eigenvalue weighted by Gasteiger charge is 2.36. The second-order valence-electron chi connectivity index (χ2n) is 4.85. The van der Waals surface area contributed by atoms with Crippen molar-refractivity contribution in [1.82, 2.24) is 4.31 Å². The first-order valence-electron chi connectivity index (χ1n) is 6.54. The van der Waals surface area contributed by atoms with Crippen LogP contribution in [0.2, 0.25) is 5.02 Å². The molecular weight excluding hydrogens is 305 g/mol. The van der Waals surface area contributed by atoms with Gasteiger partial charge in [0.1, 0.15) is 10.7 Å². The number of sulfonamides is 1. The van der Waals surface area contributed by atoms with Gasteiger partial charge in [0.15, 0.2) is 0 Å². The number of aliphatic hydroxyl groups excluding tert-OH is 1. The van der Waals surface area contributed by atoms with Gasteiger partial charge >= 0.3 is 0 Å². The Morgan fingerprint density at radius 2 is 2.20 bits per heavy atom. The summed E-state index contributed by atoms with van der Waals surface area (Å²) in [7, 11) is -3.79. The van der Waals surface area contributed by atoms with Gasteiger partial charge < -0.3 is 5.11 Å². The molecule has 0 saturated carbocycles. The molecule has 1 fully saturated rings. The molecule has 0 aliphatic carbocycles. The Balaban J connectivity index is 2.31. The zero-order chi connectivity index (χ0) is 14.8. The van der Waals surface area contributed by atoms with Crippen molar-refractivity contribution in [3.8, 4) is 0 Å². The van der Waals surface area contributed by atoms with Crippen molar-refractivity contribution < 1.29 is 17.9 Å². The first-order chi connectivity index (χ1) is 9.46. The van der Waals surface area contributed by atoms with Crippen LogP contribution in [0.3, 0.4) is 0 Å². The zero-order valence-electron chi connectivity index (χ0n) is 10.9. The van der Waals surface area contributed by atoms with Gasteiger partial charge in [-0.05, 0) is 43.9 Å². The third-order valence-corrected chi connectivity index (χ3v) is 5.93. The fourth-order valence-electron chi connectivity index (χ4n) is 2.54. The van der Waals surface area contributed by atoms with Gasteiger partial charge in [0.2, 0.25) is 10.0 Å². The Morgan fingerprint density at radius 1 is 1.45 bits per heavy atom. The van der Waals surface area contributed by atoms with Crippen molar-refractivity contribution in [2.24, 2.45) is 0 Å². The Bertz CT molecular complexity index is 579. The normalized spacial score (nSPS) is 20.4. The van der Waals surface area contributed by atoms with E-state index in [0.29, 0.717) is 19.4 Å². The van der Waals surface area contributed by atoms with E-state index < -0.39 is 15.8 Å². The fourth-order valence-corrected chi connectivity index (χ4v) is 4.75. The van der Waals surface area contributed by atoms with E-state index in [1.54, 1.807) is 0 Å². The summed E-state index contributed by atoms with van der Waals surface area (Å²) < 4.78 is 39.9. The van der Waals surface area contributed by atoms with Gasteiger partial charge in [-0.3, -0.25) is 0 Å². The minimum Gasteiger partial charge on any atom is -0.396 e. The smallest absolute Gasteiger partial charge is 0.244 e. The van der Waals surface area contributed by atoms with Gasteiger partial charge in [-0.25, -0.2) is 12.8 Å². The zero-order valence-corrected chi connectivity index (χ0v) is 12.5. The minimum atomic E-state index is -3.79. The number of hydrogen-bond donors (Lipinski definition) is 1. The van der Waals surface area contributed by atoms with Crippen LogP contribution in [0.25, 0.3) is 0 Å². The lowest BCUT2D eigenvalue weighted by atomic mass is 10.1. The summed E-state index contributed by atoms with van der Waals surface area (Å²) in [6, 6.07) is 3.20. The maximum Gasteiger partial charge on any atom is 0.244 e. The van der Waals surface area contributed by atoms with Crippen LogP contribution in [0.15, 0.2) is 23.1 Å². The largest absolute Gasteiger partial charge is 0.396 e. The van der Waals surface area contributed by atoms with Gasteiger partial charge in [0.05, 0.1) is 5.02 Å². The summed E-state index contributed by atoms with van der Waals surface area (Å²) in [5.41, 5.74) is 0. The maximum atomic E-state index is 13.3. The molecule has 1 atom stereocenters. The maximum absolute atomic E-state index is 13.3. The molecule has 20 heavy (non-hydrogen) atoms. The summed E-state index contributed by atoms with van der Waals surface area (Å²) in [5, 5.41) is 8.90. The van der Waals surface area contributed by atoms with Crippen molar-refractivity contribution >= 4 is 21.6 Å². The molecule has 4 nitrogen and oxygen atoms in total.